The van der Waals surface area contributed by atoms with Gasteiger partial charge in [0.25, 0.3) is 0 Å². The fraction of sp³-hybridized carbons (Fsp3) is 0.385. The van der Waals surface area contributed by atoms with Gasteiger partial charge in [-0.2, -0.15) is 0 Å². The lowest BCUT2D eigenvalue weighted by atomic mass is 9.97. The van der Waals surface area contributed by atoms with E-state index in [9.17, 15) is 9.59 Å². The molecule has 0 spiro atoms. The maximum absolute atomic E-state index is 12.7. The second-order valence-electron chi connectivity index (χ2n) is 7.92. The molecular weight excluding hydrogens is 404 g/mol. The summed E-state index contributed by atoms with van der Waals surface area (Å²) in [5.74, 6) is 1.01. The third-order valence-electron chi connectivity index (χ3n) is 5.51. The Kier molecular flexibility index (Phi) is 8.72. The Bertz CT molecular complexity index is 927. The molecule has 2 aromatic rings. The van der Waals surface area contributed by atoms with Gasteiger partial charge in [0.2, 0.25) is 11.8 Å². The highest BCUT2D eigenvalue weighted by Gasteiger charge is 2.27. The molecule has 0 radical (unpaired) electrons. The highest BCUT2D eigenvalue weighted by atomic mass is 16.5. The number of carbonyl (C=O) groups excluding carboxylic acids is 2. The number of unbranched alkanes of at least 4 members (excludes halogenated alkanes) is 1. The van der Waals surface area contributed by atoms with Crippen LogP contribution < -0.4 is 14.8 Å². The van der Waals surface area contributed by atoms with Crippen LogP contribution in [0.5, 0.6) is 11.5 Å². The number of benzene rings is 2. The smallest absolute Gasteiger partial charge is 0.246 e. The number of nitrogens with zero attached hydrogens (tertiary/aromatic N) is 1. The van der Waals surface area contributed by atoms with E-state index >= 15 is 0 Å². The van der Waals surface area contributed by atoms with Crippen molar-refractivity contribution in [2.24, 2.45) is 5.92 Å². The lowest BCUT2D eigenvalue weighted by Crippen LogP contribution is -2.43. The molecule has 0 aromatic heterocycles. The van der Waals surface area contributed by atoms with Crippen LogP contribution in [0.3, 0.4) is 0 Å². The third-order valence-corrected chi connectivity index (χ3v) is 5.51. The summed E-state index contributed by atoms with van der Waals surface area (Å²) >= 11 is 0. The molecule has 1 N–H and O–H groups in total. The fourth-order valence-electron chi connectivity index (χ4n) is 3.66. The fourth-order valence-corrected chi connectivity index (χ4v) is 3.66. The minimum atomic E-state index is -0.207. The SMILES string of the molecule is CCCCOc1ccc(/C=C/C(=O)N2CCCC(C(=O)Nc3ccccc3)C2)cc1OC. The van der Waals surface area contributed by atoms with Crippen molar-refractivity contribution in [3.05, 3.63) is 60.2 Å². The molecule has 1 unspecified atom stereocenters. The molecule has 1 aliphatic heterocycles. The Morgan fingerprint density at radius 1 is 1.16 bits per heavy atom. The maximum atomic E-state index is 12.7. The number of piperidine rings is 1. The first kappa shape index (κ1) is 23.4. The molecule has 2 amide bonds. The molecule has 0 aliphatic carbocycles. The minimum Gasteiger partial charge on any atom is -0.493 e. The molecule has 1 saturated heterocycles. The van der Waals surface area contributed by atoms with Crippen molar-refractivity contribution in [1.82, 2.24) is 4.90 Å². The lowest BCUT2D eigenvalue weighted by Gasteiger charge is -2.31. The van der Waals surface area contributed by atoms with Crippen LogP contribution in [-0.2, 0) is 9.59 Å². The second kappa shape index (κ2) is 11.9. The highest BCUT2D eigenvalue weighted by molar-refractivity contribution is 5.95. The first-order chi connectivity index (χ1) is 15.6. The van der Waals surface area contributed by atoms with E-state index in [1.54, 1.807) is 24.2 Å². The van der Waals surface area contributed by atoms with Gasteiger partial charge < -0.3 is 19.7 Å². The number of methoxy groups -OCH3 is 1. The van der Waals surface area contributed by atoms with Crippen LogP contribution in [0.1, 0.15) is 38.2 Å². The van der Waals surface area contributed by atoms with Crippen molar-refractivity contribution in [3.63, 3.8) is 0 Å². The van der Waals surface area contributed by atoms with Crippen LogP contribution in [-0.4, -0.2) is 43.5 Å². The van der Waals surface area contributed by atoms with Gasteiger partial charge in [-0.25, -0.2) is 0 Å². The van der Waals surface area contributed by atoms with Gasteiger partial charge in [0.1, 0.15) is 0 Å². The summed E-state index contributed by atoms with van der Waals surface area (Å²) in [5.41, 5.74) is 1.63. The monoisotopic (exact) mass is 436 g/mol. The van der Waals surface area contributed by atoms with Gasteiger partial charge in [0.15, 0.2) is 11.5 Å². The highest BCUT2D eigenvalue weighted by Crippen LogP contribution is 2.29. The Hall–Kier alpha value is -3.28. The van der Waals surface area contributed by atoms with Crippen LogP contribution in [0.4, 0.5) is 5.69 Å². The van der Waals surface area contributed by atoms with E-state index < -0.39 is 0 Å². The second-order valence-corrected chi connectivity index (χ2v) is 7.92. The largest absolute Gasteiger partial charge is 0.493 e. The molecule has 1 fully saturated rings. The quantitative estimate of drug-likeness (QED) is 0.454. The zero-order valence-corrected chi connectivity index (χ0v) is 18.9. The number of hydrogen-bond donors (Lipinski definition) is 1. The molecule has 2 aromatic carbocycles. The van der Waals surface area contributed by atoms with Crippen molar-refractivity contribution in [2.75, 3.05) is 32.1 Å². The first-order valence-corrected chi connectivity index (χ1v) is 11.2. The number of ether oxygens (including phenoxy) is 2. The molecule has 1 aliphatic rings. The summed E-state index contributed by atoms with van der Waals surface area (Å²) in [6.07, 6.45) is 6.97. The van der Waals surface area contributed by atoms with Crippen LogP contribution in [0, 0.1) is 5.92 Å². The van der Waals surface area contributed by atoms with Crippen LogP contribution in [0.25, 0.3) is 6.08 Å². The normalized spacial score (nSPS) is 16.1. The minimum absolute atomic E-state index is 0.0407. The van der Waals surface area contributed by atoms with Crippen molar-refractivity contribution < 1.29 is 19.1 Å². The molecule has 6 nitrogen and oxygen atoms in total. The van der Waals surface area contributed by atoms with Crippen molar-refractivity contribution in [1.29, 1.82) is 0 Å². The van der Waals surface area contributed by atoms with Gasteiger partial charge in [-0.1, -0.05) is 37.6 Å². The zero-order valence-electron chi connectivity index (χ0n) is 18.9. The number of nitrogens with one attached hydrogen (secondary N) is 1. The molecule has 0 saturated carbocycles. The zero-order chi connectivity index (χ0) is 22.8. The summed E-state index contributed by atoms with van der Waals surface area (Å²) < 4.78 is 11.2. The molecule has 1 heterocycles. The van der Waals surface area contributed by atoms with Crippen molar-refractivity contribution in [2.45, 2.75) is 32.6 Å². The average molecular weight is 437 g/mol. The van der Waals surface area contributed by atoms with E-state index in [4.69, 9.17) is 9.47 Å². The summed E-state index contributed by atoms with van der Waals surface area (Å²) in [5, 5.41) is 2.94. The molecule has 0 bridgehead atoms. The number of carbonyl (C=O) groups is 2. The molecule has 3 rings (SSSR count). The van der Waals surface area contributed by atoms with Crippen LogP contribution in [0.15, 0.2) is 54.6 Å². The van der Waals surface area contributed by atoms with Gasteiger partial charge in [0.05, 0.1) is 19.6 Å². The summed E-state index contributed by atoms with van der Waals surface area (Å²) in [6, 6.07) is 15.0. The van der Waals surface area contributed by atoms with Gasteiger partial charge in [0, 0.05) is 24.9 Å². The Labute approximate surface area is 190 Å². The molecule has 6 heteroatoms. The molecular formula is C26H32N2O4. The topological polar surface area (TPSA) is 67.9 Å². The maximum Gasteiger partial charge on any atom is 0.246 e. The van der Waals surface area contributed by atoms with E-state index in [1.165, 1.54) is 0 Å². The summed E-state index contributed by atoms with van der Waals surface area (Å²) in [6.45, 7) is 3.85. The van der Waals surface area contributed by atoms with E-state index in [1.807, 2.05) is 48.5 Å². The summed E-state index contributed by atoms with van der Waals surface area (Å²) in [4.78, 5) is 27.1. The van der Waals surface area contributed by atoms with Crippen molar-refractivity contribution in [3.8, 4) is 11.5 Å². The number of likely N-dealkylation sites (tertiary alicyclic amines) is 1. The average Bonchev–Trinajstić information content (AvgIpc) is 2.83. The van der Waals surface area contributed by atoms with Crippen LogP contribution in [0.2, 0.25) is 0 Å². The Morgan fingerprint density at radius 2 is 1.97 bits per heavy atom. The number of anilines is 1. The van der Waals surface area contributed by atoms with E-state index in [0.717, 1.165) is 36.9 Å². The Balaban J connectivity index is 1.58. The van der Waals surface area contributed by atoms with Crippen LogP contribution >= 0.6 is 0 Å². The van der Waals surface area contributed by atoms with Gasteiger partial charge in [-0.05, 0) is 55.2 Å². The third kappa shape index (κ3) is 6.61. The number of amides is 2. The van der Waals surface area contributed by atoms with Gasteiger partial charge in [-0.15, -0.1) is 0 Å². The molecule has 1 atom stereocenters. The van der Waals surface area contributed by atoms with E-state index in [0.29, 0.717) is 31.2 Å². The van der Waals surface area contributed by atoms with Gasteiger partial charge >= 0.3 is 0 Å². The lowest BCUT2D eigenvalue weighted by molar-refractivity contribution is -0.130. The number of para-hydroxylation sites is 1. The Morgan fingerprint density at radius 3 is 2.72 bits per heavy atom. The standard InChI is InChI=1S/C26H32N2O4/c1-3-4-17-32-23-14-12-20(18-24(23)31-2)13-15-25(29)28-16-8-9-21(19-28)26(30)27-22-10-6-5-7-11-22/h5-7,10-15,18,21H,3-4,8-9,16-17,19H2,1-2H3,(H,27,30)/b15-13+. The van der Waals surface area contributed by atoms with E-state index in [-0.39, 0.29) is 17.7 Å². The first-order valence-electron chi connectivity index (χ1n) is 11.2. The summed E-state index contributed by atoms with van der Waals surface area (Å²) in [7, 11) is 1.61. The van der Waals surface area contributed by atoms with Crippen molar-refractivity contribution >= 4 is 23.6 Å². The van der Waals surface area contributed by atoms with E-state index in [2.05, 4.69) is 12.2 Å². The number of rotatable bonds is 9. The van der Waals surface area contributed by atoms with Gasteiger partial charge in [-0.3, -0.25) is 9.59 Å². The predicted octanol–water partition coefficient (Wildman–Crippen LogP) is 4.76. The predicted molar refractivity (Wildman–Crippen MR) is 127 cm³/mol. The molecule has 170 valence electrons. The number of hydrogen-bond acceptors (Lipinski definition) is 4. The molecule has 32 heavy (non-hydrogen) atoms.